The van der Waals surface area contributed by atoms with Gasteiger partial charge in [-0.2, -0.15) is 0 Å². The number of nitrogens with one attached hydrogen (secondary N) is 1. The molecule has 1 saturated heterocycles. The molecule has 1 N–H and O–H groups in total. The molecule has 2 heterocycles. The van der Waals surface area contributed by atoms with Gasteiger partial charge in [-0.25, -0.2) is 4.79 Å². The van der Waals surface area contributed by atoms with Crippen LogP contribution in [0.15, 0.2) is 22.8 Å². The van der Waals surface area contributed by atoms with Crippen LogP contribution in [-0.2, 0) is 9.53 Å². The Morgan fingerprint density at radius 3 is 3.16 bits per heavy atom. The third kappa shape index (κ3) is 3.44. The second-order valence-corrected chi connectivity index (χ2v) is 5.08. The first-order chi connectivity index (χ1) is 9.22. The first-order valence-electron chi connectivity index (χ1n) is 6.07. The minimum atomic E-state index is -0.433. The van der Waals surface area contributed by atoms with E-state index in [9.17, 15) is 9.59 Å². The van der Waals surface area contributed by atoms with Gasteiger partial charge in [0.2, 0.25) is 0 Å². The first-order valence-corrected chi connectivity index (χ1v) is 7.12. The van der Waals surface area contributed by atoms with E-state index in [2.05, 4.69) is 5.32 Å². The zero-order chi connectivity index (χ0) is 13.7. The summed E-state index contributed by atoms with van der Waals surface area (Å²) in [4.78, 5) is 24.9. The zero-order valence-corrected chi connectivity index (χ0v) is 11.4. The molecule has 0 unspecified atom stereocenters. The summed E-state index contributed by atoms with van der Waals surface area (Å²) in [6, 6.07) is 3.36. The highest BCUT2D eigenvalue weighted by Crippen LogP contribution is 2.37. The van der Waals surface area contributed by atoms with Crippen LogP contribution in [0, 0.1) is 0 Å². The third-order valence-corrected chi connectivity index (χ3v) is 3.85. The summed E-state index contributed by atoms with van der Waals surface area (Å²) in [6.45, 7) is 2.55. The summed E-state index contributed by atoms with van der Waals surface area (Å²) in [5, 5.41) is 2.43. The molecular formula is C12H16N2O4S. The molecule has 0 saturated carbocycles. The number of furan rings is 1. The lowest BCUT2D eigenvalue weighted by molar-refractivity contribution is -0.141. The minimum absolute atomic E-state index is 0.112. The van der Waals surface area contributed by atoms with Crippen LogP contribution in [0.5, 0.6) is 0 Å². The number of carbonyl (C=O) groups excluding carboxylic acids is 2. The fourth-order valence-electron chi connectivity index (χ4n) is 1.81. The third-order valence-electron chi connectivity index (χ3n) is 2.63. The van der Waals surface area contributed by atoms with Crippen molar-refractivity contribution in [1.29, 1.82) is 0 Å². The van der Waals surface area contributed by atoms with Gasteiger partial charge in [0.15, 0.2) is 0 Å². The summed E-state index contributed by atoms with van der Waals surface area (Å²) in [5.41, 5.74) is 0. The maximum absolute atomic E-state index is 12.0. The largest absolute Gasteiger partial charge is 0.466 e. The van der Waals surface area contributed by atoms with E-state index < -0.39 is 5.97 Å². The standard InChI is InChI=1S/C12H16N2O4S/c1-2-17-10(15)8-13-12(16)14-5-7-19-11(14)9-4-3-6-18-9/h3-4,6,11H,2,5,7-8H2,1H3,(H,13,16)/t11-/m1/s1. The number of rotatable bonds is 4. The van der Waals surface area contributed by atoms with Crippen molar-refractivity contribution in [1.82, 2.24) is 10.2 Å². The van der Waals surface area contributed by atoms with Gasteiger partial charge in [-0.15, -0.1) is 11.8 Å². The lowest BCUT2D eigenvalue weighted by atomic mass is 10.4. The van der Waals surface area contributed by atoms with E-state index in [1.807, 2.05) is 6.07 Å². The number of esters is 1. The summed E-state index contributed by atoms with van der Waals surface area (Å²) in [6.07, 6.45) is 1.59. The van der Waals surface area contributed by atoms with Crippen LogP contribution in [0.3, 0.4) is 0 Å². The number of ether oxygens (including phenoxy) is 1. The fourth-order valence-corrected chi connectivity index (χ4v) is 3.01. The highest BCUT2D eigenvalue weighted by atomic mass is 32.2. The van der Waals surface area contributed by atoms with Crippen LogP contribution in [-0.4, -0.2) is 42.3 Å². The number of nitrogens with zero attached hydrogens (tertiary/aromatic N) is 1. The average molecular weight is 284 g/mol. The predicted molar refractivity (Wildman–Crippen MR) is 70.6 cm³/mol. The molecule has 0 spiro atoms. The van der Waals surface area contributed by atoms with Crippen molar-refractivity contribution >= 4 is 23.8 Å². The molecule has 2 amide bonds. The lowest BCUT2D eigenvalue weighted by Gasteiger charge is -2.22. The van der Waals surface area contributed by atoms with Crippen molar-refractivity contribution in [2.75, 3.05) is 25.4 Å². The number of carbonyl (C=O) groups is 2. The van der Waals surface area contributed by atoms with E-state index in [0.29, 0.717) is 13.2 Å². The second-order valence-electron chi connectivity index (χ2n) is 3.90. The lowest BCUT2D eigenvalue weighted by Crippen LogP contribution is -2.41. The second kappa shape index (κ2) is 6.51. The minimum Gasteiger partial charge on any atom is -0.466 e. The molecule has 6 nitrogen and oxygen atoms in total. The van der Waals surface area contributed by atoms with Crippen molar-refractivity contribution in [3.63, 3.8) is 0 Å². The Labute approximate surface area is 115 Å². The Balaban J connectivity index is 1.89. The highest BCUT2D eigenvalue weighted by Gasteiger charge is 2.32. The summed E-state index contributed by atoms with van der Waals surface area (Å²) in [7, 11) is 0. The van der Waals surface area contributed by atoms with Gasteiger partial charge in [-0.3, -0.25) is 4.79 Å². The Bertz CT molecular complexity index is 435. The van der Waals surface area contributed by atoms with Gasteiger partial charge in [0.1, 0.15) is 17.7 Å². The van der Waals surface area contributed by atoms with Crippen molar-refractivity contribution in [3.8, 4) is 0 Å². The van der Waals surface area contributed by atoms with Crippen molar-refractivity contribution in [2.24, 2.45) is 0 Å². The van der Waals surface area contributed by atoms with E-state index in [-0.39, 0.29) is 17.9 Å². The molecule has 1 aliphatic heterocycles. The number of urea groups is 1. The Hall–Kier alpha value is -1.63. The summed E-state index contributed by atoms with van der Waals surface area (Å²) >= 11 is 1.64. The van der Waals surface area contributed by atoms with Gasteiger partial charge in [0, 0.05) is 12.3 Å². The van der Waals surface area contributed by atoms with Crippen LogP contribution in [0.25, 0.3) is 0 Å². The monoisotopic (exact) mass is 284 g/mol. The molecule has 1 aliphatic rings. The Morgan fingerprint density at radius 2 is 2.47 bits per heavy atom. The van der Waals surface area contributed by atoms with Crippen LogP contribution < -0.4 is 5.32 Å². The molecule has 0 aromatic carbocycles. The van der Waals surface area contributed by atoms with Gasteiger partial charge < -0.3 is 19.4 Å². The smallest absolute Gasteiger partial charge is 0.325 e. The number of amides is 2. The van der Waals surface area contributed by atoms with E-state index in [1.54, 1.807) is 35.9 Å². The van der Waals surface area contributed by atoms with Gasteiger partial charge in [-0.05, 0) is 19.1 Å². The van der Waals surface area contributed by atoms with E-state index in [0.717, 1.165) is 11.5 Å². The highest BCUT2D eigenvalue weighted by molar-refractivity contribution is 7.99. The number of hydrogen-bond acceptors (Lipinski definition) is 5. The van der Waals surface area contributed by atoms with Crippen molar-refractivity contribution < 1.29 is 18.7 Å². The molecule has 0 aliphatic carbocycles. The van der Waals surface area contributed by atoms with Gasteiger partial charge in [-0.1, -0.05) is 0 Å². The quantitative estimate of drug-likeness (QED) is 0.850. The van der Waals surface area contributed by atoms with Gasteiger partial charge in [0.25, 0.3) is 0 Å². The maximum Gasteiger partial charge on any atom is 0.325 e. The molecule has 1 aromatic heterocycles. The summed E-state index contributed by atoms with van der Waals surface area (Å²) in [5.74, 6) is 1.16. The first kappa shape index (κ1) is 13.8. The van der Waals surface area contributed by atoms with Gasteiger partial charge >= 0.3 is 12.0 Å². The van der Waals surface area contributed by atoms with Crippen LogP contribution in [0.1, 0.15) is 18.1 Å². The van der Waals surface area contributed by atoms with Crippen LogP contribution in [0.4, 0.5) is 4.79 Å². The number of thioether (sulfide) groups is 1. The molecule has 0 radical (unpaired) electrons. The van der Waals surface area contributed by atoms with E-state index >= 15 is 0 Å². The van der Waals surface area contributed by atoms with E-state index in [1.165, 1.54) is 0 Å². The molecule has 1 aromatic rings. The Morgan fingerprint density at radius 1 is 1.63 bits per heavy atom. The molecule has 2 rings (SSSR count). The van der Waals surface area contributed by atoms with Crippen LogP contribution >= 0.6 is 11.8 Å². The van der Waals surface area contributed by atoms with Crippen LogP contribution in [0.2, 0.25) is 0 Å². The Kier molecular flexibility index (Phi) is 4.73. The molecular weight excluding hydrogens is 268 g/mol. The fraction of sp³-hybridized carbons (Fsp3) is 0.500. The SMILES string of the molecule is CCOC(=O)CNC(=O)N1CCS[C@@H]1c1ccco1. The normalized spacial score (nSPS) is 18.4. The predicted octanol–water partition coefficient (Wildman–Crippen LogP) is 1.60. The van der Waals surface area contributed by atoms with Crippen molar-refractivity contribution in [3.05, 3.63) is 24.2 Å². The average Bonchev–Trinajstić information content (AvgIpc) is 3.05. The molecule has 1 fully saturated rings. The van der Waals surface area contributed by atoms with Gasteiger partial charge in [0.05, 0.1) is 12.9 Å². The molecule has 0 bridgehead atoms. The topological polar surface area (TPSA) is 71.8 Å². The molecule has 7 heteroatoms. The maximum atomic E-state index is 12.0. The summed E-state index contributed by atoms with van der Waals surface area (Å²) < 4.78 is 10.1. The molecule has 104 valence electrons. The number of hydrogen-bond donors (Lipinski definition) is 1. The van der Waals surface area contributed by atoms with E-state index in [4.69, 9.17) is 9.15 Å². The molecule has 1 atom stereocenters. The van der Waals surface area contributed by atoms with Crippen molar-refractivity contribution in [2.45, 2.75) is 12.3 Å². The zero-order valence-electron chi connectivity index (χ0n) is 10.6. The molecule has 19 heavy (non-hydrogen) atoms.